The molecule has 4 nitrogen and oxygen atoms in total. The minimum Gasteiger partial charge on any atom is -0.461 e. The highest BCUT2D eigenvalue weighted by molar-refractivity contribution is 5.75. The normalized spacial score (nSPS) is 18.9. The van der Waals surface area contributed by atoms with E-state index in [0.717, 1.165) is 32.1 Å². The second-order valence-electron chi connectivity index (χ2n) is 6.05. The van der Waals surface area contributed by atoms with E-state index < -0.39 is 6.04 Å². The predicted octanol–water partition coefficient (Wildman–Crippen LogP) is 2.39. The fourth-order valence-corrected chi connectivity index (χ4v) is 2.06. The molecule has 2 N–H and O–H groups in total. The van der Waals surface area contributed by atoms with Gasteiger partial charge in [0.15, 0.2) is 0 Å². The van der Waals surface area contributed by atoms with E-state index in [1.165, 1.54) is 0 Å². The summed E-state index contributed by atoms with van der Waals surface area (Å²) in [4.78, 5) is 11.7. The van der Waals surface area contributed by atoms with E-state index in [1.54, 1.807) is 0 Å². The molecule has 0 amide bonds. The zero-order valence-electron chi connectivity index (χ0n) is 11.9. The maximum absolute atomic E-state index is 11.7. The molecule has 1 rings (SSSR count). The molecule has 0 spiro atoms. The van der Waals surface area contributed by atoms with Crippen molar-refractivity contribution in [1.29, 1.82) is 0 Å². The molecule has 0 aliphatic heterocycles. The van der Waals surface area contributed by atoms with Gasteiger partial charge >= 0.3 is 5.97 Å². The summed E-state index contributed by atoms with van der Waals surface area (Å²) < 4.78 is 11.0. The number of hydrogen-bond donors (Lipinski definition) is 1. The Bertz CT molecular complexity index is 254. The van der Waals surface area contributed by atoms with Gasteiger partial charge in [-0.1, -0.05) is 0 Å². The molecule has 0 heterocycles. The Morgan fingerprint density at radius 3 is 2.50 bits per heavy atom. The van der Waals surface area contributed by atoms with Crippen molar-refractivity contribution in [1.82, 2.24) is 0 Å². The minimum absolute atomic E-state index is 0.106. The van der Waals surface area contributed by atoms with E-state index in [9.17, 15) is 4.79 Å². The Kier molecular flexibility index (Phi) is 6.09. The molecule has 0 bridgehead atoms. The van der Waals surface area contributed by atoms with Crippen LogP contribution < -0.4 is 5.73 Å². The van der Waals surface area contributed by atoms with Crippen molar-refractivity contribution in [3.63, 3.8) is 0 Å². The summed E-state index contributed by atoms with van der Waals surface area (Å²) in [5, 5.41) is 0. The first kappa shape index (κ1) is 15.4. The van der Waals surface area contributed by atoms with Crippen LogP contribution in [0.4, 0.5) is 0 Å². The van der Waals surface area contributed by atoms with E-state index in [-0.39, 0.29) is 17.7 Å². The van der Waals surface area contributed by atoms with E-state index >= 15 is 0 Å². The lowest BCUT2D eigenvalue weighted by molar-refractivity contribution is -0.150. The highest BCUT2D eigenvalue weighted by Crippen LogP contribution is 2.21. The highest BCUT2D eigenvalue weighted by atomic mass is 16.5. The molecule has 0 saturated heterocycles. The lowest BCUT2D eigenvalue weighted by Crippen LogP contribution is -2.34. The first-order chi connectivity index (χ1) is 8.38. The first-order valence-electron chi connectivity index (χ1n) is 6.98. The van der Waals surface area contributed by atoms with Crippen molar-refractivity contribution in [2.24, 2.45) is 5.73 Å². The molecule has 1 aliphatic carbocycles. The van der Waals surface area contributed by atoms with Crippen LogP contribution in [0.2, 0.25) is 0 Å². The van der Waals surface area contributed by atoms with Crippen molar-refractivity contribution >= 4 is 5.97 Å². The molecule has 18 heavy (non-hydrogen) atoms. The van der Waals surface area contributed by atoms with Gasteiger partial charge in [0, 0.05) is 6.61 Å². The zero-order valence-corrected chi connectivity index (χ0v) is 11.9. The topological polar surface area (TPSA) is 61.5 Å². The van der Waals surface area contributed by atoms with Crippen molar-refractivity contribution in [2.75, 3.05) is 6.61 Å². The van der Waals surface area contributed by atoms with E-state index in [0.29, 0.717) is 13.0 Å². The van der Waals surface area contributed by atoms with Crippen molar-refractivity contribution < 1.29 is 14.3 Å². The number of rotatable bonds is 6. The van der Waals surface area contributed by atoms with Gasteiger partial charge in [-0.05, 0) is 59.3 Å². The molecular formula is C14H27NO3. The molecule has 4 heteroatoms. The Hall–Kier alpha value is -0.610. The summed E-state index contributed by atoms with van der Waals surface area (Å²) in [6.45, 7) is 6.68. The van der Waals surface area contributed by atoms with Crippen LogP contribution in [0.3, 0.4) is 0 Å². The quantitative estimate of drug-likeness (QED) is 0.586. The summed E-state index contributed by atoms with van der Waals surface area (Å²) in [6, 6.07) is -0.505. The average molecular weight is 257 g/mol. The fraction of sp³-hybridized carbons (Fsp3) is 0.929. The van der Waals surface area contributed by atoms with Crippen LogP contribution in [0.1, 0.15) is 59.3 Å². The summed E-state index contributed by atoms with van der Waals surface area (Å²) in [7, 11) is 0. The molecular weight excluding hydrogens is 230 g/mol. The van der Waals surface area contributed by atoms with Gasteiger partial charge in [0.1, 0.15) is 12.1 Å². The Balaban J connectivity index is 2.11. The number of esters is 1. The summed E-state index contributed by atoms with van der Waals surface area (Å²) in [5.74, 6) is -0.252. The van der Waals surface area contributed by atoms with Crippen LogP contribution in [0, 0.1) is 0 Å². The SMILES string of the molecule is CC(C)(C)OCCC[C@@H](N)C(=O)OC1CCCC1. The van der Waals surface area contributed by atoms with Gasteiger partial charge in [-0.3, -0.25) is 4.79 Å². The van der Waals surface area contributed by atoms with Gasteiger partial charge in [-0.25, -0.2) is 0 Å². The third-order valence-corrected chi connectivity index (χ3v) is 3.08. The van der Waals surface area contributed by atoms with Gasteiger partial charge in [0.25, 0.3) is 0 Å². The molecule has 0 aromatic rings. The molecule has 0 unspecified atom stereocenters. The van der Waals surface area contributed by atoms with Crippen molar-refractivity contribution in [3.05, 3.63) is 0 Å². The van der Waals surface area contributed by atoms with Crippen LogP contribution in [0.5, 0.6) is 0 Å². The van der Waals surface area contributed by atoms with Gasteiger partial charge in [-0.2, -0.15) is 0 Å². The summed E-state index contributed by atoms with van der Waals surface area (Å²) in [5.41, 5.74) is 5.68. The van der Waals surface area contributed by atoms with Crippen LogP contribution in [-0.2, 0) is 14.3 Å². The molecule has 1 aliphatic rings. The summed E-state index contributed by atoms with van der Waals surface area (Å²) in [6.07, 6.45) is 5.82. The maximum Gasteiger partial charge on any atom is 0.323 e. The predicted molar refractivity (Wildman–Crippen MR) is 71.3 cm³/mol. The lowest BCUT2D eigenvalue weighted by Gasteiger charge is -2.20. The maximum atomic E-state index is 11.7. The minimum atomic E-state index is -0.505. The highest BCUT2D eigenvalue weighted by Gasteiger charge is 2.23. The molecule has 1 atom stereocenters. The zero-order chi connectivity index (χ0) is 13.6. The number of nitrogens with two attached hydrogens (primary N) is 1. The first-order valence-corrected chi connectivity index (χ1v) is 6.98. The average Bonchev–Trinajstić information content (AvgIpc) is 2.75. The van der Waals surface area contributed by atoms with Gasteiger partial charge in [0.2, 0.25) is 0 Å². The van der Waals surface area contributed by atoms with E-state index in [2.05, 4.69) is 0 Å². The lowest BCUT2D eigenvalue weighted by atomic mass is 10.1. The monoisotopic (exact) mass is 257 g/mol. The fourth-order valence-electron chi connectivity index (χ4n) is 2.06. The molecule has 0 aromatic carbocycles. The van der Waals surface area contributed by atoms with Crippen LogP contribution in [-0.4, -0.2) is 30.3 Å². The second-order valence-corrected chi connectivity index (χ2v) is 6.05. The molecule has 0 radical (unpaired) electrons. The number of ether oxygens (including phenoxy) is 2. The largest absolute Gasteiger partial charge is 0.461 e. The van der Waals surface area contributed by atoms with Crippen LogP contribution in [0.25, 0.3) is 0 Å². The van der Waals surface area contributed by atoms with E-state index in [1.807, 2.05) is 20.8 Å². The Labute approximate surface area is 110 Å². The smallest absolute Gasteiger partial charge is 0.323 e. The standard InChI is InChI=1S/C14H27NO3/c1-14(2,3)17-10-6-9-12(15)13(16)18-11-7-4-5-8-11/h11-12H,4-10,15H2,1-3H3/t12-/m1/s1. The third-order valence-electron chi connectivity index (χ3n) is 3.08. The van der Waals surface area contributed by atoms with Crippen LogP contribution >= 0.6 is 0 Å². The van der Waals surface area contributed by atoms with Crippen molar-refractivity contribution in [3.8, 4) is 0 Å². The van der Waals surface area contributed by atoms with Gasteiger partial charge < -0.3 is 15.2 Å². The second kappa shape index (κ2) is 7.10. The third kappa shape index (κ3) is 6.36. The van der Waals surface area contributed by atoms with Gasteiger partial charge in [0.05, 0.1) is 5.60 Å². The number of carbonyl (C=O) groups is 1. The number of hydrogen-bond acceptors (Lipinski definition) is 4. The Morgan fingerprint density at radius 2 is 1.94 bits per heavy atom. The molecule has 106 valence electrons. The number of carbonyl (C=O) groups excluding carboxylic acids is 1. The molecule has 0 aromatic heterocycles. The summed E-state index contributed by atoms with van der Waals surface area (Å²) >= 11 is 0. The van der Waals surface area contributed by atoms with E-state index in [4.69, 9.17) is 15.2 Å². The molecule has 1 fully saturated rings. The van der Waals surface area contributed by atoms with Crippen molar-refractivity contribution in [2.45, 2.75) is 77.0 Å². The van der Waals surface area contributed by atoms with Gasteiger partial charge in [-0.15, -0.1) is 0 Å². The Morgan fingerprint density at radius 1 is 1.33 bits per heavy atom. The van der Waals surface area contributed by atoms with Crippen LogP contribution in [0.15, 0.2) is 0 Å². The molecule has 1 saturated carbocycles.